The molecule has 2 aliphatic heterocycles. The largest absolute Gasteiger partial charge is 0.355 e. The van der Waals surface area contributed by atoms with E-state index in [1.54, 1.807) is 88.3 Å². The SMILES string of the molecule is C[C@H](NC(=O)Cc1cc(F)cc(F)c1)C(=O)N[C@H](C(=O)NCc1ccc(C(=O)c2ccc(CNCC(=O)NCCSSCCNC(=O)CCCC[C@@H]3SC[C@@H]4NC(=O)N[C@@H]43)cc2)cc1)c1ccccc1. The molecule has 0 spiro atoms. The number of rotatable bonds is 27. The Kier molecular flexibility index (Phi) is 20.9. The lowest BCUT2D eigenvalue weighted by atomic mass is 10.0. The van der Waals surface area contributed by atoms with Gasteiger partial charge < -0.3 is 42.5 Å². The fourth-order valence-corrected chi connectivity index (χ4v) is 11.2. The van der Waals surface area contributed by atoms with Gasteiger partial charge in [-0.1, -0.05) is 107 Å². The number of hydrogen-bond acceptors (Lipinski definition) is 11. The maximum atomic E-state index is 13.6. The van der Waals surface area contributed by atoms with Gasteiger partial charge in [0.15, 0.2) is 5.78 Å². The molecule has 6 rings (SSSR count). The summed E-state index contributed by atoms with van der Waals surface area (Å²) >= 11 is 1.89. The molecule has 4 aromatic rings. The molecule has 15 nitrogen and oxygen atoms in total. The number of benzene rings is 4. The molecule has 4 aromatic carbocycles. The number of fused-ring (bicyclic) bond motifs is 1. The third-order valence-electron chi connectivity index (χ3n) is 11.4. The van der Waals surface area contributed by atoms with Gasteiger partial charge in [-0.05, 0) is 54.2 Å². The van der Waals surface area contributed by atoms with Gasteiger partial charge in [-0.3, -0.25) is 28.8 Å². The topological polar surface area (TPSA) is 216 Å². The van der Waals surface area contributed by atoms with Gasteiger partial charge >= 0.3 is 6.03 Å². The molecule has 2 fully saturated rings. The van der Waals surface area contributed by atoms with Crippen LogP contribution in [0.2, 0.25) is 0 Å². The average molecular weight is 1020 g/mol. The number of thioether (sulfide) groups is 1. The van der Waals surface area contributed by atoms with Crippen molar-refractivity contribution in [2.24, 2.45) is 0 Å². The summed E-state index contributed by atoms with van der Waals surface area (Å²) in [4.78, 5) is 88.6. The number of urea groups is 1. The molecule has 372 valence electrons. The molecular formula is C50H58F2N8O7S3. The van der Waals surface area contributed by atoms with Gasteiger partial charge in [0.25, 0.3) is 0 Å². The zero-order valence-electron chi connectivity index (χ0n) is 38.7. The van der Waals surface area contributed by atoms with Crippen LogP contribution in [0.5, 0.6) is 0 Å². The number of amides is 7. The molecule has 0 unspecified atom stereocenters. The van der Waals surface area contributed by atoms with Crippen molar-refractivity contribution in [2.75, 3.05) is 36.9 Å². The molecule has 0 aliphatic carbocycles. The first-order chi connectivity index (χ1) is 33.8. The molecule has 0 aromatic heterocycles. The zero-order valence-corrected chi connectivity index (χ0v) is 41.1. The van der Waals surface area contributed by atoms with Crippen molar-refractivity contribution in [1.82, 2.24) is 42.5 Å². The Bertz CT molecular complexity index is 2420. The second kappa shape index (κ2) is 27.4. The molecule has 2 aliphatic rings. The minimum Gasteiger partial charge on any atom is -0.355 e. The van der Waals surface area contributed by atoms with Crippen molar-refractivity contribution < 1.29 is 42.3 Å². The van der Waals surface area contributed by atoms with Crippen molar-refractivity contribution >= 4 is 74.7 Å². The highest BCUT2D eigenvalue weighted by molar-refractivity contribution is 8.76. The summed E-state index contributed by atoms with van der Waals surface area (Å²) in [5.41, 5.74) is 3.14. The van der Waals surface area contributed by atoms with Gasteiger partial charge in [-0.2, -0.15) is 11.8 Å². The summed E-state index contributed by atoms with van der Waals surface area (Å²) < 4.78 is 27.2. The maximum Gasteiger partial charge on any atom is 0.315 e. The van der Waals surface area contributed by atoms with Gasteiger partial charge in [-0.25, -0.2) is 13.6 Å². The minimum atomic E-state index is -1.11. The van der Waals surface area contributed by atoms with Crippen molar-refractivity contribution in [3.8, 4) is 0 Å². The van der Waals surface area contributed by atoms with Gasteiger partial charge in [-0.15, -0.1) is 0 Å². The van der Waals surface area contributed by atoms with E-state index in [1.807, 2.05) is 23.9 Å². The van der Waals surface area contributed by atoms with Crippen LogP contribution in [0.1, 0.15) is 76.8 Å². The van der Waals surface area contributed by atoms with Crippen LogP contribution in [0.25, 0.3) is 0 Å². The maximum absolute atomic E-state index is 13.6. The van der Waals surface area contributed by atoms with Crippen LogP contribution in [0.4, 0.5) is 13.6 Å². The second-order valence-corrected chi connectivity index (χ2v) is 20.8. The Morgan fingerprint density at radius 2 is 1.33 bits per heavy atom. The van der Waals surface area contributed by atoms with Crippen LogP contribution >= 0.6 is 33.3 Å². The molecule has 7 amide bonds. The Labute approximate surface area is 418 Å². The molecule has 2 heterocycles. The third-order valence-corrected chi connectivity index (χ3v) is 15.3. The van der Waals surface area contributed by atoms with Crippen molar-refractivity contribution in [3.63, 3.8) is 0 Å². The Hall–Kier alpha value is -5.96. The summed E-state index contributed by atoms with van der Waals surface area (Å²) in [6.45, 7) is 3.20. The van der Waals surface area contributed by atoms with Crippen LogP contribution in [0, 0.1) is 11.6 Å². The summed E-state index contributed by atoms with van der Waals surface area (Å²) in [6, 6.07) is 23.4. The summed E-state index contributed by atoms with van der Waals surface area (Å²) in [6.07, 6.45) is 2.92. The van der Waals surface area contributed by atoms with E-state index in [-0.39, 0.29) is 60.8 Å². The van der Waals surface area contributed by atoms with Crippen LogP contribution in [0.3, 0.4) is 0 Å². The highest BCUT2D eigenvalue weighted by atomic mass is 33.1. The van der Waals surface area contributed by atoms with Crippen molar-refractivity contribution in [1.29, 1.82) is 0 Å². The second-order valence-electron chi connectivity index (χ2n) is 16.9. The number of unbranched alkanes of at least 4 members (excludes halogenated alkanes) is 1. The van der Waals surface area contributed by atoms with Gasteiger partial charge in [0, 0.05) is 72.3 Å². The van der Waals surface area contributed by atoms with Crippen molar-refractivity contribution in [2.45, 2.75) is 81.5 Å². The number of carbonyl (C=O) groups is 7. The molecule has 8 N–H and O–H groups in total. The third kappa shape index (κ3) is 17.2. The fourth-order valence-electron chi connectivity index (χ4n) is 7.80. The minimum absolute atomic E-state index is 0.0539. The summed E-state index contributed by atoms with van der Waals surface area (Å²) in [5, 5.41) is 23.4. The molecule has 0 radical (unpaired) electrons. The van der Waals surface area contributed by atoms with Crippen LogP contribution in [-0.4, -0.2) is 102 Å². The Morgan fingerprint density at radius 3 is 1.99 bits per heavy atom. The molecule has 0 saturated carbocycles. The van der Waals surface area contributed by atoms with Crippen LogP contribution < -0.4 is 42.5 Å². The van der Waals surface area contributed by atoms with E-state index in [9.17, 15) is 42.3 Å². The van der Waals surface area contributed by atoms with E-state index < -0.39 is 41.4 Å². The number of ketones is 1. The smallest absolute Gasteiger partial charge is 0.315 e. The Morgan fingerprint density at radius 1 is 0.700 bits per heavy atom. The molecule has 2 saturated heterocycles. The van der Waals surface area contributed by atoms with E-state index in [2.05, 4.69) is 42.5 Å². The molecule has 20 heteroatoms. The van der Waals surface area contributed by atoms with E-state index >= 15 is 0 Å². The fraction of sp³-hybridized carbons (Fsp3) is 0.380. The molecule has 5 atom stereocenters. The lowest BCUT2D eigenvalue weighted by Gasteiger charge is -2.22. The van der Waals surface area contributed by atoms with Crippen LogP contribution in [-0.2, 0) is 43.5 Å². The standard InChI is InChI=1S/C50H58F2N8O7S3/c1-31(57-43(62)25-34-23-38(51)26-39(52)24-34)48(65)59-45(35-7-3-2-4-8-35)49(66)56-28-33-13-17-37(18-14-33)47(64)36-15-11-32(12-16-36)27-53-29-44(63)55-20-22-70-69-21-19-54-42(61)10-6-5-9-41-46-40(30-68-41)58-50(67)60-46/h2-4,7-8,11-18,23-24,26,31,40-41,45-46,53H,5-6,9-10,19-22,25,27-30H2,1H3,(H,54,61)(H,55,63)(H,56,66)(H,57,62)(H,59,65)(H2,58,60,67)/t31-,40-,41-,45-,46-/m0/s1. The molecule has 70 heavy (non-hydrogen) atoms. The molecular weight excluding hydrogens is 959 g/mol. The van der Waals surface area contributed by atoms with Crippen LogP contribution in [0.15, 0.2) is 97.1 Å². The predicted molar refractivity (Wildman–Crippen MR) is 270 cm³/mol. The van der Waals surface area contributed by atoms with E-state index in [0.717, 1.165) is 54.2 Å². The highest BCUT2D eigenvalue weighted by Crippen LogP contribution is 2.33. The predicted octanol–water partition coefficient (Wildman–Crippen LogP) is 4.85. The number of hydrogen-bond donors (Lipinski definition) is 8. The zero-order chi connectivity index (χ0) is 49.8. The quantitative estimate of drug-likeness (QED) is 0.0175. The van der Waals surface area contributed by atoms with Gasteiger partial charge in [0.05, 0.1) is 25.0 Å². The normalized spacial score (nSPS) is 16.7. The van der Waals surface area contributed by atoms with Gasteiger partial charge in [0.2, 0.25) is 29.5 Å². The first kappa shape index (κ1) is 53.4. The van der Waals surface area contributed by atoms with E-state index in [1.165, 1.54) is 6.92 Å². The highest BCUT2D eigenvalue weighted by Gasteiger charge is 2.42. The van der Waals surface area contributed by atoms with Crippen molar-refractivity contribution in [3.05, 3.63) is 142 Å². The first-order valence-corrected chi connectivity index (χ1v) is 26.6. The molecule has 0 bridgehead atoms. The van der Waals surface area contributed by atoms with E-state index in [0.29, 0.717) is 59.6 Å². The lowest BCUT2D eigenvalue weighted by molar-refractivity contribution is -0.131. The lowest BCUT2D eigenvalue weighted by Crippen LogP contribution is -2.49. The average Bonchev–Trinajstić information content (AvgIpc) is 3.90. The first-order valence-electron chi connectivity index (χ1n) is 23.1. The monoisotopic (exact) mass is 1020 g/mol. The summed E-state index contributed by atoms with van der Waals surface area (Å²) in [5.74, 6) is -1.27. The number of halogens is 2. The number of nitrogens with one attached hydrogen (secondary N) is 8. The summed E-state index contributed by atoms with van der Waals surface area (Å²) in [7, 11) is 3.29. The van der Waals surface area contributed by atoms with E-state index in [4.69, 9.17) is 0 Å². The van der Waals surface area contributed by atoms with Gasteiger partial charge in [0.1, 0.15) is 23.7 Å². The number of carbonyl (C=O) groups excluding carboxylic acids is 7. The Balaban J connectivity index is 0.820.